The number of hydrogen-bond donors (Lipinski definition) is 1. The van der Waals surface area contributed by atoms with Crippen molar-refractivity contribution in [3.05, 3.63) is 33.3 Å². The van der Waals surface area contributed by atoms with E-state index in [4.69, 9.17) is 11.6 Å². The molecule has 5 heteroatoms. The zero-order valence-corrected chi connectivity index (χ0v) is 11.2. The molecule has 0 saturated carbocycles. The zero-order chi connectivity index (χ0) is 13.2. The van der Waals surface area contributed by atoms with Crippen LogP contribution in [0.15, 0.2) is 18.2 Å². The van der Waals surface area contributed by atoms with Gasteiger partial charge in [-0.1, -0.05) is 32.4 Å². The molecule has 0 unspecified atom stereocenters. The summed E-state index contributed by atoms with van der Waals surface area (Å²) in [6.45, 7) is 8.20. The predicted molar refractivity (Wildman–Crippen MR) is 70.6 cm³/mol. The molecule has 0 saturated heterocycles. The molecule has 94 valence electrons. The lowest BCUT2D eigenvalue weighted by Crippen LogP contribution is -2.31. The van der Waals surface area contributed by atoms with Crippen LogP contribution in [0.3, 0.4) is 0 Å². The van der Waals surface area contributed by atoms with Crippen LogP contribution in [0, 0.1) is 15.5 Å². The number of benzene rings is 1. The Morgan fingerprint density at radius 1 is 1.41 bits per heavy atom. The second-order valence-electron chi connectivity index (χ2n) is 5.15. The van der Waals surface area contributed by atoms with Crippen LogP contribution < -0.4 is 5.32 Å². The second kappa shape index (κ2) is 4.92. The molecule has 1 aromatic rings. The van der Waals surface area contributed by atoms with E-state index in [9.17, 15) is 10.1 Å². The van der Waals surface area contributed by atoms with E-state index in [1.54, 1.807) is 6.07 Å². The summed E-state index contributed by atoms with van der Waals surface area (Å²) in [5.74, 6) is 0. The number of halogens is 1. The largest absolute Gasteiger partial charge is 0.376 e. The monoisotopic (exact) mass is 256 g/mol. The van der Waals surface area contributed by atoms with Gasteiger partial charge in [-0.15, -0.1) is 0 Å². The summed E-state index contributed by atoms with van der Waals surface area (Å²) in [5, 5.41) is 14.5. The van der Waals surface area contributed by atoms with Gasteiger partial charge in [0.15, 0.2) is 0 Å². The number of hydrogen-bond acceptors (Lipinski definition) is 3. The average Bonchev–Trinajstić information content (AvgIpc) is 2.15. The van der Waals surface area contributed by atoms with Gasteiger partial charge in [-0.3, -0.25) is 10.1 Å². The quantitative estimate of drug-likeness (QED) is 0.654. The number of nitro benzene ring substituents is 1. The van der Waals surface area contributed by atoms with E-state index in [0.717, 1.165) is 0 Å². The number of anilines is 1. The maximum absolute atomic E-state index is 10.9. The summed E-state index contributed by atoms with van der Waals surface area (Å²) in [7, 11) is 0. The SMILES string of the molecule is C[C@@H](Nc1cc(Cl)ccc1[N+](=O)[O-])C(C)(C)C. The van der Waals surface area contributed by atoms with Gasteiger partial charge in [-0.2, -0.15) is 0 Å². The van der Waals surface area contributed by atoms with Crippen molar-refractivity contribution < 1.29 is 4.92 Å². The summed E-state index contributed by atoms with van der Waals surface area (Å²) in [6.07, 6.45) is 0. The Bertz CT molecular complexity index is 427. The Hall–Kier alpha value is -1.29. The van der Waals surface area contributed by atoms with Crippen LogP contribution in [0.1, 0.15) is 27.7 Å². The summed E-state index contributed by atoms with van der Waals surface area (Å²) < 4.78 is 0. The highest BCUT2D eigenvalue weighted by atomic mass is 35.5. The van der Waals surface area contributed by atoms with Gasteiger partial charge in [0.05, 0.1) is 4.92 Å². The van der Waals surface area contributed by atoms with Gasteiger partial charge in [-0.05, 0) is 24.5 Å². The number of nitro groups is 1. The lowest BCUT2D eigenvalue weighted by molar-refractivity contribution is -0.384. The minimum atomic E-state index is -0.409. The van der Waals surface area contributed by atoms with Crippen LogP contribution in [0.25, 0.3) is 0 Å². The van der Waals surface area contributed by atoms with E-state index >= 15 is 0 Å². The van der Waals surface area contributed by atoms with Crippen molar-refractivity contribution in [2.45, 2.75) is 33.7 Å². The first-order valence-electron chi connectivity index (χ1n) is 5.42. The topological polar surface area (TPSA) is 55.2 Å². The van der Waals surface area contributed by atoms with Gasteiger partial charge in [0, 0.05) is 17.1 Å². The fraction of sp³-hybridized carbons (Fsp3) is 0.500. The Morgan fingerprint density at radius 2 is 2.00 bits per heavy atom. The third kappa shape index (κ3) is 3.60. The van der Waals surface area contributed by atoms with Crippen molar-refractivity contribution in [1.29, 1.82) is 0 Å². The van der Waals surface area contributed by atoms with E-state index < -0.39 is 4.92 Å². The van der Waals surface area contributed by atoms with Crippen LogP contribution in [0.2, 0.25) is 5.02 Å². The first-order chi connectivity index (χ1) is 7.71. The van der Waals surface area contributed by atoms with Crippen molar-refractivity contribution in [2.75, 3.05) is 5.32 Å². The van der Waals surface area contributed by atoms with Crippen molar-refractivity contribution in [3.63, 3.8) is 0 Å². The zero-order valence-electron chi connectivity index (χ0n) is 10.5. The van der Waals surface area contributed by atoms with Crippen molar-refractivity contribution in [1.82, 2.24) is 0 Å². The van der Waals surface area contributed by atoms with E-state index in [2.05, 4.69) is 26.1 Å². The van der Waals surface area contributed by atoms with Crippen LogP contribution in [0.4, 0.5) is 11.4 Å². The molecule has 0 heterocycles. The van der Waals surface area contributed by atoms with Crippen molar-refractivity contribution in [2.24, 2.45) is 5.41 Å². The third-order valence-corrected chi connectivity index (χ3v) is 3.06. The molecule has 0 bridgehead atoms. The molecule has 0 aliphatic carbocycles. The molecule has 4 nitrogen and oxygen atoms in total. The fourth-order valence-corrected chi connectivity index (χ4v) is 1.40. The first kappa shape index (κ1) is 13.8. The first-order valence-corrected chi connectivity index (χ1v) is 5.80. The normalized spacial score (nSPS) is 13.2. The maximum atomic E-state index is 10.9. The summed E-state index contributed by atoms with van der Waals surface area (Å²) in [6, 6.07) is 4.62. The molecule has 1 atom stereocenters. The number of rotatable bonds is 3. The Morgan fingerprint density at radius 3 is 2.47 bits per heavy atom. The molecule has 0 aliphatic heterocycles. The molecular weight excluding hydrogens is 240 g/mol. The van der Waals surface area contributed by atoms with Crippen molar-refractivity contribution >= 4 is 23.0 Å². The standard InChI is InChI=1S/C12H17ClN2O2/c1-8(12(2,3)4)14-10-7-9(13)5-6-11(10)15(16)17/h5-8,14H,1-4H3/t8-/m1/s1. The van der Waals surface area contributed by atoms with Gasteiger partial charge >= 0.3 is 0 Å². The summed E-state index contributed by atoms with van der Waals surface area (Å²) in [5.41, 5.74) is 0.520. The molecule has 0 radical (unpaired) electrons. The molecule has 0 aliphatic rings. The maximum Gasteiger partial charge on any atom is 0.292 e. The molecule has 1 aromatic carbocycles. The molecule has 0 fully saturated rings. The number of nitrogens with one attached hydrogen (secondary N) is 1. The Balaban J connectivity index is 3.04. The highest BCUT2D eigenvalue weighted by Crippen LogP contribution is 2.31. The van der Waals surface area contributed by atoms with Gasteiger partial charge < -0.3 is 5.32 Å². The van der Waals surface area contributed by atoms with E-state index in [-0.39, 0.29) is 17.1 Å². The van der Waals surface area contributed by atoms with Gasteiger partial charge in [0.25, 0.3) is 5.69 Å². The molecule has 0 aromatic heterocycles. The smallest absolute Gasteiger partial charge is 0.292 e. The van der Waals surface area contributed by atoms with E-state index in [1.165, 1.54) is 12.1 Å². The Labute approximate surface area is 106 Å². The summed E-state index contributed by atoms with van der Waals surface area (Å²) in [4.78, 5) is 10.5. The summed E-state index contributed by atoms with van der Waals surface area (Å²) >= 11 is 5.86. The molecular formula is C12H17ClN2O2. The molecule has 1 rings (SSSR count). The Kier molecular flexibility index (Phi) is 3.98. The lowest BCUT2D eigenvalue weighted by Gasteiger charge is -2.28. The van der Waals surface area contributed by atoms with Crippen molar-refractivity contribution in [3.8, 4) is 0 Å². The minimum Gasteiger partial charge on any atom is -0.376 e. The van der Waals surface area contributed by atoms with Gasteiger partial charge in [0.2, 0.25) is 0 Å². The third-order valence-electron chi connectivity index (χ3n) is 2.83. The lowest BCUT2D eigenvalue weighted by atomic mass is 9.88. The van der Waals surface area contributed by atoms with Crippen LogP contribution in [-0.4, -0.2) is 11.0 Å². The van der Waals surface area contributed by atoms with Crippen LogP contribution >= 0.6 is 11.6 Å². The predicted octanol–water partition coefficient (Wildman–Crippen LogP) is 4.09. The van der Waals surface area contributed by atoms with Gasteiger partial charge in [-0.25, -0.2) is 0 Å². The minimum absolute atomic E-state index is 0.0101. The average molecular weight is 257 g/mol. The second-order valence-corrected chi connectivity index (χ2v) is 5.59. The molecule has 0 amide bonds. The van der Waals surface area contributed by atoms with Crippen LogP contribution in [-0.2, 0) is 0 Å². The van der Waals surface area contributed by atoms with E-state index in [0.29, 0.717) is 10.7 Å². The highest BCUT2D eigenvalue weighted by Gasteiger charge is 2.23. The molecule has 0 spiro atoms. The molecule has 1 N–H and O–H groups in total. The molecule has 17 heavy (non-hydrogen) atoms. The highest BCUT2D eigenvalue weighted by molar-refractivity contribution is 6.31. The van der Waals surface area contributed by atoms with Crippen LogP contribution in [0.5, 0.6) is 0 Å². The fourth-order valence-electron chi connectivity index (χ4n) is 1.23. The van der Waals surface area contributed by atoms with E-state index in [1.807, 2.05) is 6.92 Å². The van der Waals surface area contributed by atoms with Gasteiger partial charge in [0.1, 0.15) is 5.69 Å². The number of nitrogens with zero attached hydrogens (tertiary/aromatic N) is 1.